The number of benzene rings is 1. The van der Waals surface area contributed by atoms with Gasteiger partial charge in [0.2, 0.25) is 0 Å². The summed E-state index contributed by atoms with van der Waals surface area (Å²) in [4.78, 5) is 13.4. The summed E-state index contributed by atoms with van der Waals surface area (Å²) in [5.41, 5.74) is -0.142. The molecule has 0 bridgehead atoms. The van der Waals surface area contributed by atoms with E-state index >= 15 is 0 Å². The minimum Gasteiger partial charge on any atom is -0.362 e. The zero-order valence-corrected chi connectivity index (χ0v) is 18.3. The van der Waals surface area contributed by atoms with Gasteiger partial charge in [-0.3, -0.25) is 4.79 Å². The average molecular weight is 432 g/mol. The van der Waals surface area contributed by atoms with Crippen LogP contribution in [-0.2, 0) is 10.2 Å². The molecule has 0 saturated carbocycles. The molecule has 0 radical (unpaired) electrons. The Morgan fingerprint density at radius 1 is 1.26 bits per heavy atom. The van der Waals surface area contributed by atoms with Gasteiger partial charge in [0, 0.05) is 23.2 Å². The van der Waals surface area contributed by atoms with E-state index in [-0.39, 0.29) is 23.8 Å². The number of hydrogen-bond acceptors (Lipinski definition) is 4. The number of nitrogens with one attached hydrogen (secondary N) is 2. The molecule has 31 heavy (non-hydrogen) atoms. The molecule has 3 heterocycles. The van der Waals surface area contributed by atoms with Crippen LogP contribution in [0.1, 0.15) is 64.5 Å². The van der Waals surface area contributed by atoms with Crippen molar-refractivity contribution in [2.24, 2.45) is 10.2 Å². The highest BCUT2D eigenvalue weighted by molar-refractivity contribution is 6.00. The van der Waals surface area contributed by atoms with Gasteiger partial charge < -0.3 is 10.6 Å². The summed E-state index contributed by atoms with van der Waals surface area (Å²) in [6.07, 6.45) is -4.87. The van der Waals surface area contributed by atoms with Crippen LogP contribution in [0.3, 0.4) is 0 Å². The Bertz CT molecular complexity index is 1040. The Balaban J connectivity index is 2.08. The molecule has 166 valence electrons. The predicted octanol–water partition coefficient (Wildman–Crippen LogP) is 5.22. The maximum Gasteiger partial charge on any atom is 0.435 e. The number of alkyl halides is 3. The van der Waals surface area contributed by atoms with Crippen molar-refractivity contribution in [1.82, 2.24) is 10.6 Å². The molecule has 2 atom stereocenters. The van der Waals surface area contributed by atoms with Crippen molar-refractivity contribution in [2.45, 2.75) is 76.7 Å². The Kier molecular flexibility index (Phi) is 4.83. The minimum absolute atomic E-state index is 0.0111. The van der Waals surface area contributed by atoms with Gasteiger partial charge in [-0.05, 0) is 37.3 Å². The van der Waals surface area contributed by atoms with Crippen molar-refractivity contribution in [3.8, 4) is 0 Å². The third-order valence-corrected chi connectivity index (χ3v) is 6.44. The van der Waals surface area contributed by atoms with Crippen LogP contribution in [0.25, 0.3) is 0 Å². The molecule has 4 rings (SSSR count). The number of carbonyl (C=O) groups excluding carboxylic acids is 1. The maximum absolute atomic E-state index is 14.0. The summed E-state index contributed by atoms with van der Waals surface area (Å²) in [5.74, 6) is -0.164. The van der Waals surface area contributed by atoms with Gasteiger partial charge in [0.25, 0.3) is 5.91 Å². The molecule has 0 spiro atoms. The molecule has 3 aliphatic heterocycles. The first-order valence-electron chi connectivity index (χ1n) is 10.6. The summed E-state index contributed by atoms with van der Waals surface area (Å²) < 4.78 is 42.1. The van der Waals surface area contributed by atoms with Crippen LogP contribution in [0.2, 0.25) is 0 Å². The number of azo groups is 1. The van der Waals surface area contributed by atoms with Gasteiger partial charge in [-0.2, -0.15) is 18.3 Å². The van der Waals surface area contributed by atoms with Crippen molar-refractivity contribution in [1.29, 1.82) is 0 Å². The molecule has 0 aromatic heterocycles. The van der Waals surface area contributed by atoms with Gasteiger partial charge >= 0.3 is 6.18 Å². The second kappa shape index (κ2) is 6.93. The second-order valence-corrected chi connectivity index (χ2v) is 9.43. The Hall–Kier alpha value is -2.64. The van der Waals surface area contributed by atoms with Gasteiger partial charge in [0.05, 0.1) is 11.0 Å². The second-order valence-electron chi connectivity index (χ2n) is 9.43. The number of rotatable bonds is 3. The smallest absolute Gasteiger partial charge is 0.362 e. The van der Waals surface area contributed by atoms with Crippen LogP contribution in [0.15, 0.2) is 57.0 Å². The first-order valence-corrected chi connectivity index (χ1v) is 10.6. The van der Waals surface area contributed by atoms with E-state index < -0.39 is 29.0 Å². The fourth-order valence-electron chi connectivity index (χ4n) is 5.09. The van der Waals surface area contributed by atoms with E-state index in [0.717, 1.165) is 5.56 Å². The molecule has 0 aliphatic carbocycles. The van der Waals surface area contributed by atoms with Gasteiger partial charge in [0.1, 0.15) is 0 Å². The van der Waals surface area contributed by atoms with Crippen LogP contribution in [-0.4, -0.2) is 23.8 Å². The third kappa shape index (κ3) is 3.27. The molecular formula is C23H27F3N4O. The predicted molar refractivity (Wildman–Crippen MR) is 111 cm³/mol. The lowest BCUT2D eigenvalue weighted by Gasteiger charge is -2.48. The van der Waals surface area contributed by atoms with Gasteiger partial charge in [-0.15, -0.1) is 5.11 Å². The molecule has 0 fully saturated rings. The number of fused-ring (bicyclic) bond motifs is 1. The van der Waals surface area contributed by atoms with E-state index in [9.17, 15) is 18.0 Å². The van der Waals surface area contributed by atoms with E-state index in [0.29, 0.717) is 23.3 Å². The molecule has 1 amide bonds. The van der Waals surface area contributed by atoms with Gasteiger partial charge in [0.15, 0.2) is 11.9 Å². The van der Waals surface area contributed by atoms with Crippen molar-refractivity contribution in [3.63, 3.8) is 0 Å². The van der Waals surface area contributed by atoms with E-state index in [1.165, 1.54) is 0 Å². The molecule has 1 aromatic rings. The lowest BCUT2D eigenvalue weighted by atomic mass is 9.61. The lowest BCUT2D eigenvalue weighted by Crippen LogP contribution is -2.58. The fourth-order valence-corrected chi connectivity index (χ4v) is 5.09. The zero-order chi connectivity index (χ0) is 22.8. The monoisotopic (exact) mass is 432 g/mol. The number of allylic oxidation sites excluding steroid dienone is 1. The summed E-state index contributed by atoms with van der Waals surface area (Å²) in [6, 6.07) is 7.54. The first-order chi connectivity index (χ1) is 14.4. The average Bonchev–Trinajstić information content (AvgIpc) is 3.10. The minimum atomic E-state index is -4.67. The number of amides is 1. The van der Waals surface area contributed by atoms with E-state index in [1.54, 1.807) is 0 Å². The molecule has 3 aliphatic rings. The lowest BCUT2D eigenvalue weighted by molar-refractivity contribution is -0.120. The number of halogens is 3. The van der Waals surface area contributed by atoms with Crippen LogP contribution in [0.5, 0.6) is 0 Å². The molecular weight excluding hydrogens is 405 g/mol. The van der Waals surface area contributed by atoms with Crippen LogP contribution in [0, 0.1) is 0 Å². The number of nitrogens with zero attached hydrogens (tertiary/aromatic N) is 2. The quantitative estimate of drug-likeness (QED) is 0.688. The number of hydrogen-bond donors (Lipinski definition) is 2. The summed E-state index contributed by atoms with van der Waals surface area (Å²) in [6.45, 7) is 9.67. The summed E-state index contributed by atoms with van der Waals surface area (Å²) >= 11 is 0. The largest absolute Gasteiger partial charge is 0.435 e. The summed E-state index contributed by atoms with van der Waals surface area (Å²) in [7, 11) is 0. The SMILES string of the molecule is CC[C@]1(c2cccc(C(C)C)c2)C2=C(CC(C)(C)NC2=O)NC2N=NC(C(F)(F)F)=C21. The molecule has 5 nitrogen and oxygen atoms in total. The fraction of sp³-hybridized carbons (Fsp3) is 0.522. The van der Waals surface area contributed by atoms with Crippen molar-refractivity contribution >= 4 is 5.91 Å². The van der Waals surface area contributed by atoms with E-state index in [4.69, 9.17) is 0 Å². The Morgan fingerprint density at radius 2 is 1.97 bits per heavy atom. The van der Waals surface area contributed by atoms with E-state index in [2.05, 4.69) is 20.9 Å². The maximum atomic E-state index is 14.0. The Morgan fingerprint density at radius 3 is 2.58 bits per heavy atom. The molecule has 8 heteroatoms. The highest BCUT2D eigenvalue weighted by Gasteiger charge is 2.57. The molecule has 0 saturated heterocycles. The van der Waals surface area contributed by atoms with E-state index in [1.807, 2.05) is 58.9 Å². The molecule has 1 unspecified atom stereocenters. The topological polar surface area (TPSA) is 65.8 Å². The highest BCUT2D eigenvalue weighted by Crippen LogP contribution is 2.54. The highest BCUT2D eigenvalue weighted by atomic mass is 19.4. The standard InChI is InChI=1S/C23H27F3N4O/c1-6-22(14-9-7-8-13(10-14)12(2)3)16-15(11-21(4,5)28-20(16)31)27-19-17(22)18(29-30-19)23(24,25)26/h7-10,12,19,27H,6,11H2,1-5H3,(H,28,31)/t19?,22-/m0/s1. The van der Waals surface area contributed by atoms with Crippen LogP contribution in [0.4, 0.5) is 13.2 Å². The normalized spacial score (nSPS) is 27.3. The zero-order valence-electron chi connectivity index (χ0n) is 18.3. The van der Waals surface area contributed by atoms with Crippen molar-refractivity contribution in [3.05, 3.63) is 57.9 Å². The van der Waals surface area contributed by atoms with Crippen LogP contribution >= 0.6 is 0 Å². The van der Waals surface area contributed by atoms with Gasteiger partial charge in [-0.25, -0.2) is 0 Å². The summed E-state index contributed by atoms with van der Waals surface area (Å²) in [5, 5.41) is 13.6. The number of carbonyl (C=O) groups is 1. The molecule has 2 N–H and O–H groups in total. The van der Waals surface area contributed by atoms with Gasteiger partial charge in [-0.1, -0.05) is 45.0 Å². The molecule has 1 aromatic carbocycles. The van der Waals surface area contributed by atoms with Crippen LogP contribution < -0.4 is 10.6 Å². The third-order valence-electron chi connectivity index (χ3n) is 6.44. The Labute approximate surface area is 179 Å². The van der Waals surface area contributed by atoms with Crippen molar-refractivity contribution < 1.29 is 18.0 Å². The first kappa shape index (κ1) is 21.6. The van der Waals surface area contributed by atoms with Crippen molar-refractivity contribution in [2.75, 3.05) is 0 Å².